The van der Waals surface area contributed by atoms with Crippen LogP contribution < -0.4 is 0 Å². The maximum Gasteiger partial charge on any atom is 0.258 e. The van der Waals surface area contributed by atoms with E-state index in [1.54, 1.807) is 16.9 Å². The van der Waals surface area contributed by atoms with Gasteiger partial charge >= 0.3 is 0 Å². The van der Waals surface area contributed by atoms with Crippen molar-refractivity contribution in [1.29, 1.82) is 0 Å². The molecular weight excluding hydrogens is 429 g/mol. The summed E-state index contributed by atoms with van der Waals surface area (Å²) in [6, 6.07) is 24.8. The summed E-state index contributed by atoms with van der Waals surface area (Å²) in [5, 5.41) is 5.78. The van der Waals surface area contributed by atoms with E-state index in [0.29, 0.717) is 34.4 Å². The van der Waals surface area contributed by atoms with Gasteiger partial charge in [-0.1, -0.05) is 71.7 Å². The molecule has 0 aliphatic rings. The molecule has 0 atom stereocenters. The van der Waals surface area contributed by atoms with Gasteiger partial charge in [0.05, 0.1) is 23.1 Å². The Balaban J connectivity index is 1.79. The number of hydrogen-bond acceptors (Lipinski definition) is 2. The molecule has 3 aromatic carbocycles. The van der Waals surface area contributed by atoms with Crippen LogP contribution in [0.2, 0.25) is 10.0 Å². The highest BCUT2D eigenvalue weighted by Gasteiger charge is 2.24. The number of hydrogen-bond donors (Lipinski definition) is 0. The minimum absolute atomic E-state index is 0.0791. The summed E-state index contributed by atoms with van der Waals surface area (Å²) in [6.45, 7) is 3.08. The number of carbonyl (C=O) groups excluding carboxylic acids is 1. The molecular formula is C25H21Cl2N3O. The molecule has 4 aromatic rings. The number of rotatable bonds is 6. The zero-order chi connectivity index (χ0) is 21.8. The second-order valence-corrected chi connectivity index (χ2v) is 7.98. The Morgan fingerprint density at radius 2 is 1.68 bits per heavy atom. The molecule has 0 unspecified atom stereocenters. The van der Waals surface area contributed by atoms with Gasteiger partial charge in [-0.05, 0) is 42.8 Å². The number of benzene rings is 3. The smallest absolute Gasteiger partial charge is 0.258 e. The van der Waals surface area contributed by atoms with E-state index in [-0.39, 0.29) is 5.91 Å². The number of nitrogens with zero attached hydrogens (tertiary/aromatic N) is 3. The van der Waals surface area contributed by atoms with Crippen LogP contribution in [0.25, 0.3) is 16.9 Å². The fourth-order valence-corrected chi connectivity index (χ4v) is 3.81. The van der Waals surface area contributed by atoms with Crippen LogP contribution >= 0.6 is 23.2 Å². The fraction of sp³-hybridized carbons (Fsp3) is 0.120. The predicted molar refractivity (Wildman–Crippen MR) is 126 cm³/mol. The van der Waals surface area contributed by atoms with Crippen molar-refractivity contribution in [1.82, 2.24) is 14.7 Å². The summed E-state index contributed by atoms with van der Waals surface area (Å²) in [7, 11) is 0. The van der Waals surface area contributed by atoms with Gasteiger partial charge in [-0.25, -0.2) is 4.68 Å². The van der Waals surface area contributed by atoms with E-state index in [2.05, 4.69) is 5.10 Å². The summed E-state index contributed by atoms with van der Waals surface area (Å²) in [5.41, 5.74) is 3.94. The van der Waals surface area contributed by atoms with Gasteiger partial charge in [0.1, 0.15) is 0 Å². The van der Waals surface area contributed by atoms with Crippen LogP contribution in [0.15, 0.2) is 85.1 Å². The van der Waals surface area contributed by atoms with Gasteiger partial charge in [-0.3, -0.25) is 4.79 Å². The lowest BCUT2D eigenvalue weighted by Gasteiger charge is -2.21. The number of halogens is 2. The third kappa shape index (κ3) is 4.66. The number of aromatic nitrogens is 2. The van der Waals surface area contributed by atoms with Crippen LogP contribution in [-0.4, -0.2) is 27.1 Å². The molecule has 31 heavy (non-hydrogen) atoms. The van der Waals surface area contributed by atoms with Gasteiger partial charge in [0.15, 0.2) is 0 Å². The molecule has 0 spiro atoms. The lowest BCUT2D eigenvalue weighted by atomic mass is 10.1. The average Bonchev–Trinajstić information content (AvgIpc) is 3.23. The molecule has 0 bridgehead atoms. The van der Waals surface area contributed by atoms with E-state index >= 15 is 0 Å². The fourth-order valence-electron chi connectivity index (χ4n) is 3.50. The minimum Gasteiger partial charge on any atom is -0.334 e. The van der Waals surface area contributed by atoms with Crippen LogP contribution in [0, 0.1) is 0 Å². The van der Waals surface area contributed by atoms with E-state index < -0.39 is 0 Å². The maximum absolute atomic E-state index is 13.6. The predicted octanol–water partition coefficient (Wildman–Crippen LogP) is 6.51. The second-order valence-electron chi connectivity index (χ2n) is 7.11. The van der Waals surface area contributed by atoms with E-state index in [0.717, 1.165) is 16.8 Å². The van der Waals surface area contributed by atoms with Crippen molar-refractivity contribution < 1.29 is 4.79 Å². The van der Waals surface area contributed by atoms with Crippen molar-refractivity contribution in [3.05, 3.63) is 106 Å². The summed E-state index contributed by atoms with van der Waals surface area (Å²) in [4.78, 5) is 15.4. The molecule has 1 amide bonds. The molecule has 0 aliphatic heterocycles. The highest BCUT2D eigenvalue weighted by Crippen LogP contribution is 2.30. The van der Waals surface area contributed by atoms with Gasteiger partial charge in [0.25, 0.3) is 5.91 Å². The van der Waals surface area contributed by atoms with Crippen molar-refractivity contribution in [2.45, 2.75) is 13.5 Å². The number of amides is 1. The molecule has 4 nitrogen and oxygen atoms in total. The van der Waals surface area contributed by atoms with Crippen molar-refractivity contribution in [3.63, 3.8) is 0 Å². The van der Waals surface area contributed by atoms with Crippen molar-refractivity contribution in [2.75, 3.05) is 6.54 Å². The van der Waals surface area contributed by atoms with Crippen LogP contribution in [-0.2, 0) is 6.54 Å². The summed E-state index contributed by atoms with van der Waals surface area (Å²) in [5.74, 6) is -0.0791. The molecule has 1 aromatic heterocycles. The Morgan fingerprint density at radius 1 is 0.935 bits per heavy atom. The second kappa shape index (κ2) is 9.38. The van der Waals surface area contributed by atoms with Gasteiger partial charge in [0.2, 0.25) is 0 Å². The highest BCUT2D eigenvalue weighted by molar-refractivity contribution is 6.31. The van der Waals surface area contributed by atoms with Crippen molar-refractivity contribution in [2.24, 2.45) is 0 Å². The first kappa shape index (κ1) is 21.2. The Labute approximate surface area is 191 Å². The Hall–Kier alpha value is -3.08. The highest BCUT2D eigenvalue weighted by atomic mass is 35.5. The van der Waals surface area contributed by atoms with Gasteiger partial charge in [0, 0.05) is 28.7 Å². The molecule has 1 heterocycles. The van der Waals surface area contributed by atoms with E-state index in [9.17, 15) is 4.79 Å². The van der Waals surface area contributed by atoms with Crippen LogP contribution in [0.1, 0.15) is 22.8 Å². The summed E-state index contributed by atoms with van der Waals surface area (Å²) in [6.07, 6.45) is 1.63. The first-order valence-corrected chi connectivity index (χ1v) is 10.8. The number of carbonyl (C=O) groups is 1. The van der Waals surface area contributed by atoms with E-state index in [4.69, 9.17) is 23.2 Å². The maximum atomic E-state index is 13.6. The molecule has 0 saturated heterocycles. The van der Waals surface area contributed by atoms with E-state index in [1.807, 2.05) is 84.6 Å². The molecule has 0 saturated carbocycles. The lowest BCUT2D eigenvalue weighted by molar-refractivity contribution is 0.0753. The topological polar surface area (TPSA) is 38.1 Å². The van der Waals surface area contributed by atoms with Gasteiger partial charge in [-0.2, -0.15) is 5.10 Å². The summed E-state index contributed by atoms with van der Waals surface area (Å²) < 4.78 is 1.75. The monoisotopic (exact) mass is 449 g/mol. The lowest BCUT2D eigenvalue weighted by Crippen LogP contribution is -2.30. The van der Waals surface area contributed by atoms with Crippen molar-refractivity contribution >= 4 is 29.1 Å². The summed E-state index contributed by atoms with van der Waals surface area (Å²) >= 11 is 12.3. The SMILES string of the molecule is CCN(Cc1ccccc1)C(=O)c1cnn(-c2cccc(Cl)c2)c1-c1ccc(Cl)cc1. The quantitative estimate of drug-likeness (QED) is 0.336. The van der Waals surface area contributed by atoms with Gasteiger partial charge < -0.3 is 4.90 Å². The zero-order valence-electron chi connectivity index (χ0n) is 17.0. The van der Waals surface area contributed by atoms with Crippen LogP contribution in [0.4, 0.5) is 0 Å². The first-order valence-electron chi connectivity index (χ1n) is 10.00. The Morgan fingerprint density at radius 3 is 2.35 bits per heavy atom. The molecule has 0 aliphatic carbocycles. The largest absolute Gasteiger partial charge is 0.334 e. The molecule has 156 valence electrons. The molecule has 6 heteroatoms. The molecule has 0 radical (unpaired) electrons. The van der Waals surface area contributed by atoms with Crippen LogP contribution in [0.3, 0.4) is 0 Å². The normalized spacial score (nSPS) is 10.8. The van der Waals surface area contributed by atoms with E-state index in [1.165, 1.54) is 0 Å². The third-order valence-corrected chi connectivity index (χ3v) is 5.54. The third-order valence-electron chi connectivity index (χ3n) is 5.06. The molecule has 0 fully saturated rings. The first-order chi connectivity index (χ1) is 15.1. The Bertz CT molecular complexity index is 1190. The van der Waals surface area contributed by atoms with Crippen LogP contribution in [0.5, 0.6) is 0 Å². The molecule has 0 N–H and O–H groups in total. The zero-order valence-corrected chi connectivity index (χ0v) is 18.5. The van der Waals surface area contributed by atoms with Crippen molar-refractivity contribution in [3.8, 4) is 16.9 Å². The molecule has 4 rings (SSSR count). The average molecular weight is 450 g/mol. The standard InChI is InChI=1S/C25H21Cl2N3O/c1-2-29(17-18-7-4-3-5-8-18)25(31)23-16-28-30(22-10-6-9-21(27)15-22)24(23)19-11-13-20(26)14-12-19/h3-16H,2,17H2,1H3. The Kier molecular flexibility index (Phi) is 6.40. The minimum atomic E-state index is -0.0791. The van der Waals surface area contributed by atoms with Gasteiger partial charge in [-0.15, -0.1) is 0 Å².